The van der Waals surface area contributed by atoms with Gasteiger partial charge >= 0.3 is 12.1 Å². The maximum absolute atomic E-state index is 14.2. The number of ether oxygens (including phenoxy) is 1. The molecule has 43 heavy (non-hydrogen) atoms. The Morgan fingerprint density at radius 1 is 1.26 bits per heavy atom. The van der Waals surface area contributed by atoms with Crippen LogP contribution in [0.25, 0.3) is 5.57 Å². The molecule has 0 unspecified atom stereocenters. The Labute approximate surface area is 253 Å². The number of carboxylic acid groups (broad SMARTS) is 1. The molecule has 1 saturated carbocycles. The third-order valence-electron chi connectivity index (χ3n) is 7.32. The maximum Gasteiger partial charge on any atom is 0.435 e. The van der Waals surface area contributed by atoms with Crippen molar-refractivity contribution in [2.75, 3.05) is 11.9 Å². The second-order valence-corrected chi connectivity index (χ2v) is 11.0. The van der Waals surface area contributed by atoms with E-state index in [4.69, 9.17) is 26.6 Å². The molecule has 4 rings (SSSR count). The Balaban J connectivity index is 1.64. The number of alkyl halides is 3. The number of hydrogen-bond donors (Lipinski definition) is 2. The van der Waals surface area contributed by atoms with Gasteiger partial charge in [-0.25, -0.2) is 9.78 Å². The van der Waals surface area contributed by atoms with Crippen LogP contribution in [-0.2, 0) is 19.3 Å². The number of nitrogens with zero attached hydrogens (tertiary/aromatic N) is 3. The van der Waals surface area contributed by atoms with Gasteiger partial charge in [0.1, 0.15) is 18.1 Å². The number of anilines is 1. The molecule has 3 aromatic rings. The lowest BCUT2D eigenvalue weighted by atomic mass is 9.99. The van der Waals surface area contributed by atoms with Crippen LogP contribution >= 0.6 is 11.6 Å². The molecule has 0 saturated heterocycles. The van der Waals surface area contributed by atoms with Crippen molar-refractivity contribution in [3.05, 3.63) is 86.0 Å². The summed E-state index contributed by atoms with van der Waals surface area (Å²) in [6, 6.07) is 6.01. The number of halogens is 4. The van der Waals surface area contributed by atoms with Gasteiger partial charge in [-0.2, -0.15) is 13.2 Å². The van der Waals surface area contributed by atoms with Crippen molar-refractivity contribution >= 4 is 28.8 Å². The predicted octanol–water partition coefficient (Wildman–Crippen LogP) is 7.72. The summed E-state index contributed by atoms with van der Waals surface area (Å²) in [5.74, 6) is -0.534. The van der Waals surface area contributed by atoms with Crippen molar-refractivity contribution in [1.82, 2.24) is 10.1 Å². The molecule has 1 aromatic carbocycles. The molecule has 0 spiro atoms. The average molecular weight is 619 g/mol. The Bertz CT molecular complexity index is 1570. The van der Waals surface area contributed by atoms with Crippen molar-refractivity contribution in [3.8, 4) is 5.88 Å². The minimum Gasteiger partial charge on any atom is -0.478 e. The molecule has 0 radical (unpaired) electrons. The Hall–Kier alpha value is -3.99. The molecule has 0 bridgehead atoms. The number of aryl methyl sites for hydroxylation is 2. The van der Waals surface area contributed by atoms with Gasteiger partial charge in [0.05, 0.1) is 16.8 Å². The number of benzene rings is 1. The predicted molar refractivity (Wildman–Crippen MR) is 158 cm³/mol. The molecular weight excluding hydrogens is 585 g/mol. The summed E-state index contributed by atoms with van der Waals surface area (Å²) in [6.07, 6.45) is -0.785. The van der Waals surface area contributed by atoms with Crippen LogP contribution in [0.15, 0.2) is 45.6 Å². The van der Waals surface area contributed by atoms with Crippen molar-refractivity contribution in [2.45, 2.75) is 72.2 Å². The lowest BCUT2D eigenvalue weighted by Crippen LogP contribution is -2.22. The van der Waals surface area contributed by atoms with E-state index < -0.39 is 17.8 Å². The van der Waals surface area contributed by atoms with E-state index in [-0.39, 0.29) is 36.2 Å². The Kier molecular flexibility index (Phi) is 9.44. The molecule has 12 heteroatoms. The van der Waals surface area contributed by atoms with Crippen molar-refractivity contribution < 1.29 is 32.3 Å². The van der Waals surface area contributed by atoms with E-state index in [1.54, 1.807) is 39.0 Å². The lowest BCUT2D eigenvalue weighted by Gasteiger charge is -2.24. The van der Waals surface area contributed by atoms with Crippen LogP contribution in [0.4, 0.5) is 18.9 Å². The highest BCUT2D eigenvalue weighted by Gasteiger charge is 2.38. The third kappa shape index (κ3) is 6.98. The summed E-state index contributed by atoms with van der Waals surface area (Å²) in [5, 5.41) is 14.0. The van der Waals surface area contributed by atoms with E-state index >= 15 is 0 Å². The van der Waals surface area contributed by atoms with Crippen molar-refractivity contribution in [1.29, 1.82) is 0 Å². The molecule has 8 nitrogen and oxygen atoms in total. The van der Waals surface area contributed by atoms with Gasteiger partial charge in [-0.3, -0.25) is 0 Å². The molecule has 3 N–H and O–H groups in total. The fraction of sp³-hybridized carbons (Fsp3) is 0.387. The number of aromatic nitrogens is 2. The fourth-order valence-electron chi connectivity index (χ4n) is 5.08. The fourth-order valence-corrected chi connectivity index (χ4v) is 5.29. The van der Waals surface area contributed by atoms with E-state index in [1.807, 2.05) is 6.92 Å². The summed E-state index contributed by atoms with van der Waals surface area (Å²) in [6.45, 7) is 6.91. The number of pyridine rings is 1. The first kappa shape index (κ1) is 31.9. The van der Waals surface area contributed by atoms with Crippen LogP contribution in [0, 0.1) is 13.8 Å². The zero-order valence-corrected chi connectivity index (χ0v) is 25.4. The number of aromatic carboxylic acids is 1. The van der Waals surface area contributed by atoms with Gasteiger partial charge in [0.15, 0.2) is 5.69 Å². The normalized spacial score (nSPS) is 14.5. The SMILES string of the molecule is C/C=C(Cl)\C(=C(\N)CC)c1noc(C2CC2)c1COc1ccc(N(C)Cc2cc(C)c(C(=O)O)c(C)c2)c(C(F)(F)F)n1. The van der Waals surface area contributed by atoms with Gasteiger partial charge in [0.2, 0.25) is 5.88 Å². The summed E-state index contributed by atoms with van der Waals surface area (Å²) in [7, 11) is 1.52. The Morgan fingerprint density at radius 2 is 1.91 bits per heavy atom. The third-order valence-corrected chi connectivity index (χ3v) is 7.72. The standard InChI is InChI=1S/C31H34ClF3N4O4/c1-6-21(32)26(22(36)7-2)27-20(28(43-38-27)19-8-9-19)15-42-24-11-10-23(29(37-24)31(33,34)35)39(5)14-18-12-16(3)25(30(40)41)17(4)13-18/h6,10-13,19H,7-9,14-15,36H2,1-5H3,(H,40,41)/b21-6+,26-22-. The summed E-state index contributed by atoms with van der Waals surface area (Å²) in [5.41, 5.74) is 8.88. The second-order valence-electron chi connectivity index (χ2n) is 10.6. The zero-order valence-electron chi connectivity index (χ0n) is 24.6. The van der Waals surface area contributed by atoms with Crippen LogP contribution in [0.3, 0.4) is 0 Å². The smallest absolute Gasteiger partial charge is 0.435 e. The van der Waals surface area contributed by atoms with E-state index in [0.717, 1.165) is 12.8 Å². The number of carboxylic acids is 1. The van der Waals surface area contributed by atoms with E-state index in [2.05, 4.69) is 10.1 Å². The van der Waals surface area contributed by atoms with Crippen molar-refractivity contribution in [2.24, 2.45) is 5.73 Å². The number of allylic oxidation sites excluding steroid dienone is 4. The minimum absolute atomic E-state index is 0.0982. The van der Waals surface area contributed by atoms with Gasteiger partial charge < -0.3 is 25.0 Å². The molecule has 1 aliphatic rings. The van der Waals surface area contributed by atoms with Gasteiger partial charge in [-0.1, -0.05) is 41.9 Å². The zero-order chi connectivity index (χ0) is 31.6. The van der Waals surface area contributed by atoms with Gasteiger partial charge in [0.25, 0.3) is 0 Å². The van der Waals surface area contributed by atoms with Crippen LogP contribution < -0.4 is 15.4 Å². The summed E-state index contributed by atoms with van der Waals surface area (Å²) < 4.78 is 54.2. The van der Waals surface area contributed by atoms with Crippen LogP contribution in [0.1, 0.15) is 88.8 Å². The van der Waals surface area contributed by atoms with E-state index in [1.165, 1.54) is 24.1 Å². The second kappa shape index (κ2) is 12.7. The lowest BCUT2D eigenvalue weighted by molar-refractivity contribution is -0.140. The number of nitrogens with two attached hydrogens (primary N) is 1. The topological polar surface area (TPSA) is 115 Å². The van der Waals surface area contributed by atoms with Gasteiger partial charge in [0, 0.05) is 41.9 Å². The highest BCUT2D eigenvalue weighted by molar-refractivity contribution is 6.37. The van der Waals surface area contributed by atoms with E-state index in [9.17, 15) is 23.1 Å². The van der Waals surface area contributed by atoms with Crippen molar-refractivity contribution in [3.63, 3.8) is 0 Å². The number of carbonyl (C=O) groups is 1. The molecule has 230 valence electrons. The Morgan fingerprint density at radius 3 is 2.44 bits per heavy atom. The average Bonchev–Trinajstić information content (AvgIpc) is 3.70. The first-order valence-corrected chi connectivity index (χ1v) is 14.2. The number of hydrogen-bond acceptors (Lipinski definition) is 7. The maximum atomic E-state index is 14.2. The molecular formula is C31H34ClF3N4O4. The highest BCUT2D eigenvalue weighted by Crippen LogP contribution is 2.45. The molecule has 2 heterocycles. The minimum atomic E-state index is -4.77. The first-order valence-electron chi connectivity index (χ1n) is 13.8. The molecule has 2 aromatic heterocycles. The van der Waals surface area contributed by atoms with Crippen LogP contribution in [-0.4, -0.2) is 28.3 Å². The quantitative estimate of drug-likeness (QED) is 0.210. The van der Waals surface area contributed by atoms with E-state index in [0.29, 0.717) is 56.4 Å². The van der Waals surface area contributed by atoms with Crippen LogP contribution in [0.5, 0.6) is 5.88 Å². The number of rotatable bonds is 11. The summed E-state index contributed by atoms with van der Waals surface area (Å²) >= 11 is 6.48. The van der Waals surface area contributed by atoms with Gasteiger partial charge in [-0.05, 0) is 62.8 Å². The first-order chi connectivity index (χ1) is 20.3. The molecule has 1 fully saturated rings. The molecule has 0 atom stereocenters. The largest absolute Gasteiger partial charge is 0.478 e. The van der Waals surface area contributed by atoms with Crippen LogP contribution in [0.2, 0.25) is 0 Å². The summed E-state index contributed by atoms with van der Waals surface area (Å²) in [4.78, 5) is 16.8. The monoisotopic (exact) mass is 618 g/mol. The van der Waals surface area contributed by atoms with Gasteiger partial charge in [-0.15, -0.1) is 0 Å². The highest BCUT2D eigenvalue weighted by atomic mass is 35.5. The molecule has 0 aliphatic heterocycles. The molecule has 0 amide bonds. The molecule has 1 aliphatic carbocycles.